The molecule has 8 aliphatic rings. The van der Waals surface area contributed by atoms with Crippen molar-refractivity contribution in [3.05, 3.63) is 11.6 Å². The molecular weight excluding hydrogens is 852 g/mol. The molecule has 7 fully saturated rings. The molecule has 4 saturated carbocycles. The van der Waals surface area contributed by atoms with E-state index in [2.05, 4.69) is 40.7 Å². The lowest BCUT2D eigenvalue weighted by Crippen LogP contribution is -2.67. The highest BCUT2D eigenvalue weighted by atomic mass is 16.7. The fraction of sp³-hybridized carbons (Fsp3) is 0.936. The number of ether oxygens (including phenoxy) is 6. The molecule has 0 aromatic rings. The van der Waals surface area contributed by atoms with E-state index in [0.717, 1.165) is 38.5 Å². The van der Waals surface area contributed by atoms with Gasteiger partial charge in [-0.3, -0.25) is 4.79 Å². The van der Waals surface area contributed by atoms with E-state index in [-0.39, 0.29) is 52.6 Å². The van der Waals surface area contributed by atoms with Crippen LogP contribution in [0, 0.1) is 50.2 Å². The average molecular weight is 929 g/mol. The van der Waals surface area contributed by atoms with Crippen molar-refractivity contribution in [2.45, 2.75) is 198 Å². The number of esters is 1. The van der Waals surface area contributed by atoms with Gasteiger partial charge in [-0.05, 0) is 104 Å². The van der Waals surface area contributed by atoms with Gasteiger partial charge in [0.15, 0.2) is 12.6 Å². The molecule has 372 valence electrons. The number of rotatable bonds is 9. The minimum atomic E-state index is -1.75. The van der Waals surface area contributed by atoms with Crippen LogP contribution in [0.1, 0.15) is 106 Å². The van der Waals surface area contributed by atoms with Gasteiger partial charge in [0, 0.05) is 5.41 Å². The normalized spacial score (nSPS) is 54.3. The van der Waals surface area contributed by atoms with E-state index >= 15 is 0 Å². The van der Waals surface area contributed by atoms with Crippen LogP contribution in [0.2, 0.25) is 0 Å². The second-order valence-electron chi connectivity index (χ2n) is 22.9. The van der Waals surface area contributed by atoms with Crippen LogP contribution >= 0.6 is 0 Å². The second kappa shape index (κ2) is 17.8. The SMILES string of the molecule is CC1(C)CC[C@]2(C(=O)O[C@@H]3OC(CO)[C@@H](O)[C@H](O)C3O)CC[C@]3(C)C(=CCC4[C@@]5(C)CC[C@H](O[C@@H]6OC[C@H](O)[C@H](O[C@@H]7OC(CO)[C@@H](O)[C@H](O)C7O)C6O)[C@@](C)(CO)C5CC[C@]43C)C2C1. The van der Waals surface area contributed by atoms with Gasteiger partial charge in [-0.1, -0.05) is 53.2 Å². The van der Waals surface area contributed by atoms with E-state index in [1.54, 1.807) is 0 Å². The van der Waals surface area contributed by atoms with Crippen molar-refractivity contribution in [1.29, 1.82) is 0 Å². The maximum absolute atomic E-state index is 14.7. The summed E-state index contributed by atoms with van der Waals surface area (Å²) in [6.45, 7) is 11.8. The molecular formula is C47H76O18. The minimum absolute atomic E-state index is 0.00679. The van der Waals surface area contributed by atoms with Crippen LogP contribution in [-0.2, 0) is 33.2 Å². The molecule has 8 unspecified atom stereocenters. The second-order valence-corrected chi connectivity index (χ2v) is 22.9. The first-order valence-electron chi connectivity index (χ1n) is 23.9. The summed E-state index contributed by atoms with van der Waals surface area (Å²) in [5, 5.41) is 116. The predicted molar refractivity (Wildman–Crippen MR) is 226 cm³/mol. The maximum atomic E-state index is 14.7. The fourth-order valence-electron chi connectivity index (χ4n) is 14.8. The lowest BCUT2D eigenvalue weighted by atomic mass is 9.33. The molecule has 8 rings (SSSR count). The van der Waals surface area contributed by atoms with Gasteiger partial charge in [0.05, 0.1) is 37.9 Å². The number of aliphatic hydroxyl groups is 11. The summed E-state index contributed by atoms with van der Waals surface area (Å²) in [5.41, 5.74) is -1.25. The Morgan fingerprint density at radius 3 is 1.92 bits per heavy atom. The van der Waals surface area contributed by atoms with Gasteiger partial charge < -0.3 is 84.6 Å². The molecule has 18 heteroatoms. The van der Waals surface area contributed by atoms with Crippen molar-refractivity contribution in [2.75, 3.05) is 26.4 Å². The predicted octanol–water partition coefficient (Wildman–Crippen LogP) is -0.248. The first-order chi connectivity index (χ1) is 30.5. The molecule has 3 saturated heterocycles. The summed E-state index contributed by atoms with van der Waals surface area (Å²) in [6.07, 6.45) is -12.5. The number of carbonyl (C=O) groups is 1. The summed E-state index contributed by atoms with van der Waals surface area (Å²) >= 11 is 0. The molecule has 0 bridgehead atoms. The van der Waals surface area contributed by atoms with Gasteiger partial charge in [-0.2, -0.15) is 0 Å². The molecule has 3 aliphatic heterocycles. The Labute approximate surface area is 380 Å². The summed E-state index contributed by atoms with van der Waals surface area (Å²) < 4.78 is 35.4. The smallest absolute Gasteiger partial charge is 0.315 e. The Kier molecular flexibility index (Phi) is 13.7. The van der Waals surface area contributed by atoms with E-state index in [1.165, 1.54) is 5.57 Å². The molecule has 0 spiro atoms. The summed E-state index contributed by atoms with van der Waals surface area (Å²) in [4.78, 5) is 14.7. The molecule has 5 aliphatic carbocycles. The molecule has 3 heterocycles. The van der Waals surface area contributed by atoms with Crippen molar-refractivity contribution in [3.63, 3.8) is 0 Å². The quantitative estimate of drug-likeness (QED) is 0.0808. The van der Waals surface area contributed by atoms with E-state index in [1.807, 2.05) is 6.92 Å². The number of carbonyl (C=O) groups excluding carboxylic acids is 1. The van der Waals surface area contributed by atoms with Crippen LogP contribution in [0.4, 0.5) is 0 Å². The topological polar surface area (TPSA) is 295 Å². The van der Waals surface area contributed by atoms with Gasteiger partial charge in [-0.25, -0.2) is 0 Å². The summed E-state index contributed by atoms with van der Waals surface area (Å²) in [5.74, 6) is -0.472. The zero-order valence-corrected chi connectivity index (χ0v) is 38.6. The number of allylic oxidation sites excluding steroid dienone is 2. The van der Waals surface area contributed by atoms with Crippen LogP contribution in [0.5, 0.6) is 0 Å². The van der Waals surface area contributed by atoms with Crippen LogP contribution in [0.3, 0.4) is 0 Å². The Balaban J connectivity index is 1.02. The monoisotopic (exact) mass is 929 g/mol. The molecule has 23 atom stereocenters. The highest BCUT2D eigenvalue weighted by Gasteiger charge is 2.70. The van der Waals surface area contributed by atoms with E-state index in [0.29, 0.717) is 25.7 Å². The molecule has 0 amide bonds. The molecule has 11 N–H and O–H groups in total. The number of fused-ring (bicyclic) bond motifs is 7. The molecule has 18 nitrogen and oxygen atoms in total. The molecule has 65 heavy (non-hydrogen) atoms. The van der Waals surface area contributed by atoms with Crippen LogP contribution in [-0.4, -0.2) is 181 Å². The van der Waals surface area contributed by atoms with Gasteiger partial charge in [0.1, 0.15) is 67.1 Å². The zero-order chi connectivity index (χ0) is 47.4. The number of hydrogen-bond donors (Lipinski definition) is 11. The van der Waals surface area contributed by atoms with Crippen molar-refractivity contribution >= 4 is 5.97 Å². The van der Waals surface area contributed by atoms with Crippen molar-refractivity contribution in [2.24, 2.45) is 50.2 Å². The lowest BCUT2D eigenvalue weighted by Gasteiger charge is -2.71. The highest BCUT2D eigenvalue weighted by Crippen LogP contribution is 2.76. The van der Waals surface area contributed by atoms with Crippen molar-refractivity contribution in [1.82, 2.24) is 0 Å². The van der Waals surface area contributed by atoms with Crippen LogP contribution in [0.25, 0.3) is 0 Å². The van der Waals surface area contributed by atoms with Crippen molar-refractivity contribution in [3.8, 4) is 0 Å². The third-order valence-electron chi connectivity index (χ3n) is 19.1. The highest BCUT2D eigenvalue weighted by molar-refractivity contribution is 5.79. The van der Waals surface area contributed by atoms with E-state index < -0.39 is 122 Å². The number of aliphatic hydroxyl groups excluding tert-OH is 11. The molecule has 0 aromatic heterocycles. The third-order valence-corrected chi connectivity index (χ3v) is 19.1. The van der Waals surface area contributed by atoms with Crippen LogP contribution in [0.15, 0.2) is 11.6 Å². The lowest BCUT2D eigenvalue weighted by molar-refractivity contribution is -0.358. The van der Waals surface area contributed by atoms with Gasteiger partial charge in [0.25, 0.3) is 0 Å². The Morgan fingerprint density at radius 2 is 1.29 bits per heavy atom. The Bertz CT molecular complexity index is 1760. The third kappa shape index (κ3) is 7.80. The van der Waals surface area contributed by atoms with E-state index in [4.69, 9.17) is 28.4 Å². The van der Waals surface area contributed by atoms with Gasteiger partial charge in [-0.15, -0.1) is 0 Å². The molecule has 0 aromatic carbocycles. The fourth-order valence-corrected chi connectivity index (χ4v) is 14.8. The largest absolute Gasteiger partial charge is 0.432 e. The Morgan fingerprint density at radius 1 is 0.677 bits per heavy atom. The van der Waals surface area contributed by atoms with Crippen molar-refractivity contribution < 1.29 is 89.4 Å². The Hall–Kier alpha value is -1.43. The number of hydrogen-bond acceptors (Lipinski definition) is 18. The van der Waals surface area contributed by atoms with Gasteiger partial charge in [0.2, 0.25) is 6.29 Å². The standard InChI is InChI=1S/C47H76O18/c1-42(2)13-15-47(41(59)65-40-35(57)33(55)31(53)26(19-49)62-40)16-14-45(5)22(23(47)17-42)7-8-28-43(3)11-10-29(44(4,21-50)27(43)9-12-46(28,45)6)63-38-36(58)37(24(51)20-60-38)64-39-34(56)32(54)30(52)25(18-48)61-39/h7,23-40,48-58H,8-21H2,1-6H3/t23?,24-,25?,26?,27?,28?,29-,30+,31+,32-,33-,34?,35?,36?,37-,38-,39-,40-,43-,44-,45+,46+,47-/m0/s1. The average Bonchev–Trinajstić information content (AvgIpc) is 3.26. The van der Waals surface area contributed by atoms with Crippen LogP contribution < -0.4 is 0 Å². The summed E-state index contributed by atoms with van der Waals surface area (Å²) in [7, 11) is 0. The molecule has 0 radical (unpaired) electrons. The van der Waals surface area contributed by atoms with E-state index in [9.17, 15) is 61.0 Å². The summed E-state index contributed by atoms with van der Waals surface area (Å²) in [6, 6.07) is 0. The minimum Gasteiger partial charge on any atom is -0.432 e. The first kappa shape index (κ1) is 50.0. The maximum Gasteiger partial charge on any atom is 0.315 e. The first-order valence-corrected chi connectivity index (χ1v) is 23.9. The van der Waals surface area contributed by atoms with Gasteiger partial charge >= 0.3 is 5.97 Å². The zero-order valence-electron chi connectivity index (χ0n) is 38.6.